The zero-order chi connectivity index (χ0) is 15.1. The van der Waals surface area contributed by atoms with Gasteiger partial charge in [-0.3, -0.25) is 0 Å². The summed E-state index contributed by atoms with van der Waals surface area (Å²) in [4.78, 5) is 0. The molecular weight excluding hydrogens is 265 g/mol. The van der Waals surface area contributed by atoms with Crippen LogP contribution < -0.4 is 10.1 Å². The molecule has 0 fully saturated rings. The molecule has 2 aromatic carbocycles. The van der Waals surface area contributed by atoms with Gasteiger partial charge >= 0.3 is 0 Å². The Kier molecular flexibility index (Phi) is 5.76. The molecule has 0 amide bonds. The van der Waals surface area contributed by atoms with E-state index in [1.54, 1.807) is 19.2 Å². The maximum atomic E-state index is 13.3. The van der Waals surface area contributed by atoms with Crippen molar-refractivity contribution in [2.75, 3.05) is 13.7 Å². The molecule has 3 heteroatoms. The minimum absolute atomic E-state index is 0.177. The lowest BCUT2D eigenvalue weighted by Gasteiger charge is -2.18. The highest BCUT2D eigenvalue weighted by Crippen LogP contribution is 2.16. The van der Waals surface area contributed by atoms with Crippen molar-refractivity contribution < 1.29 is 9.13 Å². The molecule has 2 aromatic rings. The van der Waals surface area contributed by atoms with Crippen molar-refractivity contribution in [2.45, 2.75) is 25.8 Å². The maximum absolute atomic E-state index is 13.3. The molecule has 0 aliphatic rings. The molecule has 0 spiro atoms. The number of likely N-dealkylation sites (N-methyl/N-ethyl adjacent to an activating group) is 1. The summed E-state index contributed by atoms with van der Waals surface area (Å²) in [6.07, 6.45) is 1.70. The van der Waals surface area contributed by atoms with Crippen molar-refractivity contribution in [1.29, 1.82) is 0 Å². The van der Waals surface area contributed by atoms with Crippen LogP contribution in [-0.2, 0) is 12.8 Å². The number of nitrogens with one attached hydrogen (secondary N) is 1. The van der Waals surface area contributed by atoms with Gasteiger partial charge in [0.15, 0.2) is 0 Å². The predicted octanol–water partition coefficient (Wildman–Crippen LogP) is 3.60. The van der Waals surface area contributed by atoms with Crippen molar-refractivity contribution >= 4 is 0 Å². The molecule has 2 nitrogen and oxygen atoms in total. The van der Waals surface area contributed by atoms with Crippen LogP contribution in [0.25, 0.3) is 0 Å². The van der Waals surface area contributed by atoms with Gasteiger partial charge in [-0.15, -0.1) is 0 Å². The number of halogens is 1. The highest BCUT2D eigenvalue weighted by Gasteiger charge is 2.10. The zero-order valence-electron chi connectivity index (χ0n) is 12.6. The summed E-state index contributed by atoms with van der Waals surface area (Å²) < 4.78 is 18.6. The van der Waals surface area contributed by atoms with E-state index in [0.29, 0.717) is 0 Å². The number of methoxy groups -OCH3 is 1. The Balaban J connectivity index is 2.07. The topological polar surface area (TPSA) is 21.3 Å². The van der Waals surface area contributed by atoms with Gasteiger partial charge in [-0.1, -0.05) is 31.2 Å². The lowest BCUT2D eigenvalue weighted by molar-refractivity contribution is 0.413. The number of rotatable bonds is 7. The van der Waals surface area contributed by atoms with Crippen LogP contribution in [0.2, 0.25) is 0 Å². The Bertz CT molecular complexity index is 571. The van der Waals surface area contributed by atoms with Gasteiger partial charge in [-0.05, 0) is 54.8 Å². The van der Waals surface area contributed by atoms with E-state index in [2.05, 4.69) is 24.4 Å². The van der Waals surface area contributed by atoms with Crippen molar-refractivity contribution in [3.8, 4) is 5.75 Å². The van der Waals surface area contributed by atoms with Crippen LogP contribution in [0.4, 0.5) is 4.39 Å². The second kappa shape index (κ2) is 7.79. The number of benzene rings is 2. The third kappa shape index (κ3) is 4.87. The lowest BCUT2D eigenvalue weighted by Crippen LogP contribution is -2.33. The predicted molar refractivity (Wildman–Crippen MR) is 84.3 cm³/mol. The summed E-state index contributed by atoms with van der Waals surface area (Å²) in [5.74, 6) is 0.692. The van der Waals surface area contributed by atoms with E-state index in [-0.39, 0.29) is 11.9 Å². The van der Waals surface area contributed by atoms with Gasteiger partial charge in [0.1, 0.15) is 11.6 Å². The zero-order valence-corrected chi connectivity index (χ0v) is 12.6. The third-order valence-corrected chi connectivity index (χ3v) is 3.48. The van der Waals surface area contributed by atoms with E-state index < -0.39 is 0 Å². The second-order valence-corrected chi connectivity index (χ2v) is 5.14. The highest BCUT2D eigenvalue weighted by molar-refractivity contribution is 5.29. The second-order valence-electron chi connectivity index (χ2n) is 5.14. The average molecular weight is 287 g/mol. The molecule has 21 heavy (non-hydrogen) atoms. The third-order valence-electron chi connectivity index (χ3n) is 3.48. The van der Waals surface area contributed by atoms with E-state index >= 15 is 0 Å². The summed E-state index contributed by atoms with van der Waals surface area (Å²) in [5, 5.41) is 3.47. The van der Waals surface area contributed by atoms with Crippen LogP contribution in [0, 0.1) is 5.82 Å². The summed E-state index contributed by atoms with van der Waals surface area (Å²) in [5.41, 5.74) is 2.24. The first-order valence-corrected chi connectivity index (χ1v) is 7.32. The van der Waals surface area contributed by atoms with E-state index in [1.807, 2.05) is 18.2 Å². The van der Waals surface area contributed by atoms with Gasteiger partial charge in [-0.25, -0.2) is 4.39 Å². The fourth-order valence-corrected chi connectivity index (χ4v) is 2.54. The first-order chi connectivity index (χ1) is 10.2. The molecule has 1 unspecified atom stereocenters. The van der Waals surface area contributed by atoms with Crippen molar-refractivity contribution in [2.24, 2.45) is 0 Å². The highest BCUT2D eigenvalue weighted by atomic mass is 19.1. The SMILES string of the molecule is CCNC(Cc1cccc(F)c1)Cc1cccc(OC)c1. The molecule has 0 radical (unpaired) electrons. The van der Waals surface area contributed by atoms with E-state index in [4.69, 9.17) is 4.74 Å². The molecule has 0 saturated heterocycles. The van der Waals surface area contributed by atoms with Gasteiger partial charge < -0.3 is 10.1 Å². The summed E-state index contributed by atoms with van der Waals surface area (Å²) >= 11 is 0. The molecule has 1 atom stereocenters. The van der Waals surface area contributed by atoms with E-state index in [1.165, 1.54) is 11.6 Å². The monoisotopic (exact) mass is 287 g/mol. The smallest absolute Gasteiger partial charge is 0.123 e. The van der Waals surface area contributed by atoms with Crippen LogP contribution >= 0.6 is 0 Å². The van der Waals surface area contributed by atoms with Crippen LogP contribution in [0.3, 0.4) is 0 Å². The van der Waals surface area contributed by atoms with Crippen LogP contribution in [0.15, 0.2) is 48.5 Å². The number of hydrogen-bond acceptors (Lipinski definition) is 2. The fraction of sp³-hybridized carbons (Fsp3) is 0.333. The first kappa shape index (κ1) is 15.5. The van der Waals surface area contributed by atoms with Crippen LogP contribution in [0.1, 0.15) is 18.1 Å². The van der Waals surface area contributed by atoms with Crippen molar-refractivity contribution in [3.05, 3.63) is 65.5 Å². The van der Waals surface area contributed by atoms with Crippen molar-refractivity contribution in [1.82, 2.24) is 5.32 Å². The molecule has 0 aliphatic heterocycles. The average Bonchev–Trinajstić information content (AvgIpc) is 2.48. The van der Waals surface area contributed by atoms with Gasteiger partial charge in [-0.2, -0.15) is 0 Å². The molecule has 0 saturated carbocycles. The Morgan fingerprint density at radius 3 is 2.33 bits per heavy atom. The molecule has 0 aromatic heterocycles. The quantitative estimate of drug-likeness (QED) is 0.840. The van der Waals surface area contributed by atoms with E-state index in [9.17, 15) is 4.39 Å². The fourth-order valence-electron chi connectivity index (χ4n) is 2.54. The van der Waals surface area contributed by atoms with Gasteiger partial charge in [0.05, 0.1) is 7.11 Å². The summed E-state index contributed by atoms with van der Waals surface area (Å²) in [6, 6.07) is 15.2. The normalized spacial score (nSPS) is 12.1. The van der Waals surface area contributed by atoms with Gasteiger partial charge in [0.2, 0.25) is 0 Å². The molecule has 2 rings (SSSR count). The number of hydrogen-bond donors (Lipinski definition) is 1. The van der Waals surface area contributed by atoms with Gasteiger partial charge in [0.25, 0.3) is 0 Å². The molecule has 1 N–H and O–H groups in total. The Morgan fingerprint density at radius 2 is 1.71 bits per heavy atom. The summed E-state index contributed by atoms with van der Waals surface area (Å²) in [7, 11) is 1.67. The lowest BCUT2D eigenvalue weighted by atomic mass is 9.98. The standard InChI is InChI=1S/C18H22FNO/c1-3-20-17(11-14-6-4-8-16(19)10-14)12-15-7-5-9-18(13-15)21-2/h4-10,13,17,20H,3,11-12H2,1-2H3. The Morgan fingerprint density at radius 1 is 1.05 bits per heavy atom. The Labute approximate surface area is 126 Å². The first-order valence-electron chi connectivity index (χ1n) is 7.32. The minimum atomic E-state index is -0.177. The molecular formula is C18H22FNO. The van der Waals surface area contributed by atoms with E-state index in [0.717, 1.165) is 30.7 Å². The van der Waals surface area contributed by atoms with Gasteiger partial charge in [0, 0.05) is 6.04 Å². The summed E-state index contributed by atoms with van der Waals surface area (Å²) in [6.45, 7) is 2.98. The number of ether oxygens (including phenoxy) is 1. The van der Waals surface area contributed by atoms with Crippen LogP contribution in [-0.4, -0.2) is 19.7 Å². The largest absolute Gasteiger partial charge is 0.497 e. The Hall–Kier alpha value is -1.87. The molecule has 0 bridgehead atoms. The molecule has 0 heterocycles. The molecule has 112 valence electrons. The molecule has 0 aliphatic carbocycles. The maximum Gasteiger partial charge on any atom is 0.123 e. The van der Waals surface area contributed by atoms with Crippen molar-refractivity contribution in [3.63, 3.8) is 0 Å². The van der Waals surface area contributed by atoms with Crippen LogP contribution in [0.5, 0.6) is 5.75 Å². The minimum Gasteiger partial charge on any atom is -0.497 e.